The molecule has 282 valence electrons. The maximum absolute atomic E-state index is 9.75. The summed E-state index contributed by atoms with van der Waals surface area (Å²) in [4.78, 5) is 4.82. The summed E-state index contributed by atoms with van der Waals surface area (Å²) in [6.07, 6.45) is 12.4. The molecule has 4 nitrogen and oxygen atoms in total. The molecule has 0 radical (unpaired) electrons. The van der Waals surface area contributed by atoms with Crippen LogP contribution in [0.4, 0.5) is 34.1 Å². The van der Waals surface area contributed by atoms with Crippen molar-refractivity contribution in [1.82, 2.24) is 0 Å². The zero-order chi connectivity index (χ0) is 39.0. The van der Waals surface area contributed by atoms with Gasteiger partial charge in [-0.1, -0.05) is 99.2 Å². The summed E-state index contributed by atoms with van der Waals surface area (Å²) in [5, 5.41) is 27.4. The van der Waals surface area contributed by atoms with Crippen molar-refractivity contribution < 1.29 is 0 Å². The van der Waals surface area contributed by atoms with E-state index in [1.54, 1.807) is 0 Å². The largest absolute Gasteiger partial charge is 0.310 e. The van der Waals surface area contributed by atoms with Crippen LogP contribution in [0.5, 0.6) is 0 Å². The van der Waals surface area contributed by atoms with Gasteiger partial charge in [0.25, 0.3) is 0 Å². The lowest BCUT2D eigenvalue weighted by atomic mass is 9.77. The van der Waals surface area contributed by atoms with Gasteiger partial charge in [0.15, 0.2) is 0 Å². The summed E-state index contributed by atoms with van der Waals surface area (Å²) < 4.78 is 0. The van der Waals surface area contributed by atoms with Crippen molar-refractivity contribution in [3.63, 3.8) is 0 Å². The average Bonchev–Trinajstić information content (AvgIpc) is 3.30. The Hall–Kier alpha value is -6.62. The van der Waals surface area contributed by atoms with E-state index in [9.17, 15) is 10.5 Å². The second-order valence-electron chi connectivity index (χ2n) is 16.4. The van der Waals surface area contributed by atoms with Gasteiger partial charge in [0.2, 0.25) is 0 Å². The molecule has 2 aliphatic rings. The first-order chi connectivity index (χ1) is 28.7. The Morgan fingerprint density at radius 2 is 0.724 bits per heavy atom. The Balaban J connectivity index is 1.33. The van der Waals surface area contributed by atoms with Crippen molar-refractivity contribution in [2.24, 2.45) is 0 Å². The Kier molecular flexibility index (Phi) is 9.48. The van der Waals surface area contributed by atoms with Gasteiger partial charge in [-0.2, -0.15) is 10.5 Å². The zero-order valence-corrected chi connectivity index (χ0v) is 32.9. The molecule has 0 bridgehead atoms. The SMILES string of the molecule is N#Cc1ccc(N(c2ccccc2)c2cc(C3CCCCC3)c3ccc4c(N(c5ccccc5)c5ccc(C#N)cc5)cc(C5CCCCC5)c5ccc2c3c54)cc1. The van der Waals surface area contributed by atoms with Gasteiger partial charge < -0.3 is 9.80 Å². The van der Waals surface area contributed by atoms with E-state index in [0.717, 1.165) is 22.7 Å². The second-order valence-corrected chi connectivity index (χ2v) is 16.4. The number of nitriles is 2. The van der Waals surface area contributed by atoms with Crippen LogP contribution in [0, 0.1) is 22.7 Å². The fourth-order valence-corrected chi connectivity index (χ4v) is 10.3. The number of nitrogens with zero attached hydrogens (tertiary/aromatic N) is 4. The molecule has 0 aromatic heterocycles. The zero-order valence-electron chi connectivity index (χ0n) is 32.9. The maximum atomic E-state index is 9.75. The van der Waals surface area contributed by atoms with Crippen molar-refractivity contribution in [2.75, 3.05) is 9.80 Å². The normalized spacial score (nSPS) is 15.1. The summed E-state index contributed by atoms with van der Waals surface area (Å²) in [5.41, 5.74) is 10.8. The van der Waals surface area contributed by atoms with E-state index in [1.807, 2.05) is 24.3 Å². The van der Waals surface area contributed by atoms with Crippen molar-refractivity contribution in [3.05, 3.63) is 168 Å². The lowest BCUT2D eigenvalue weighted by molar-refractivity contribution is 0.445. The minimum Gasteiger partial charge on any atom is -0.310 e. The monoisotopic (exact) mass is 750 g/mol. The van der Waals surface area contributed by atoms with Crippen LogP contribution in [0.1, 0.15) is 98.3 Å². The van der Waals surface area contributed by atoms with Crippen LogP contribution in [0.3, 0.4) is 0 Å². The fourth-order valence-electron chi connectivity index (χ4n) is 10.3. The van der Waals surface area contributed by atoms with Crippen molar-refractivity contribution >= 4 is 66.4 Å². The van der Waals surface area contributed by atoms with Gasteiger partial charge in [-0.15, -0.1) is 0 Å². The smallest absolute Gasteiger partial charge is 0.0991 e. The molecule has 0 spiro atoms. The first-order valence-corrected chi connectivity index (χ1v) is 21.2. The maximum Gasteiger partial charge on any atom is 0.0991 e. The van der Waals surface area contributed by atoms with Crippen molar-refractivity contribution in [1.29, 1.82) is 10.5 Å². The molecule has 0 amide bonds. The second kappa shape index (κ2) is 15.4. The molecule has 58 heavy (non-hydrogen) atoms. The molecule has 0 saturated heterocycles. The van der Waals surface area contributed by atoms with E-state index in [2.05, 4.69) is 143 Å². The van der Waals surface area contributed by atoms with Crippen molar-refractivity contribution in [2.45, 2.75) is 76.0 Å². The molecule has 4 heteroatoms. The molecule has 0 heterocycles. The van der Waals surface area contributed by atoms with E-state index < -0.39 is 0 Å². The van der Waals surface area contributed by atoms with Gasteiger partial charge in [-0.3, -0.25) is 0 Å². The topological polar surface area (TPSA) is 54.1 Å². The van der Waals surface area contributed by atoms with Gasteiger partial charge in [-0.25, -0.2) is 0 Å². The third kappa shape index (κ3) is 6.31. The van der Waals surface area contributed by atoms with E-state index >= 15 is 0 Å². The highest BCUT2D eigenvalue weighted by Gasteiger charge is 2.29. The number of benzene rings is 8. The number of hydrogen-bond acceptors (Lipinski definition) is 4. The minimum atomic E-state index is 0.479. The summed E-state index contributed by atoms with van der Waals surface area (Å²) in [5.74, 6) is 0.958. The van der Waals surface area contributed by atoms with E-state index in [4.69, 9.17) is 0 Å². The number of hydrogen-bond donors (Lipinski definition) is 0. The molecule has 0 aliphatic heterocycles. The van der Waals surface area contributed by atoms with Crippen molar-refractivity contribution in [3.8, 4) is 12.1 Å². The van der Waals surface area contributed by atoms with Crippen LogP contribution in [-0.4, -0.2) is 0 Å². The van der Waals surface area contributed by atoms with Crippen LogP contribution in [-0.2, 0) is 0 Å². The third-order valence-corrected chi connectivity index (χ3v) is 13.0. The van der Waals surface area contributed by atoms with Gasteiger partial charge in [-0.05, 0) is 155 Å². The predicted molar refractivity (Wildman–Crippen MR) is 241 cm³/mol. The van der Waals surface area contributed by atoms with Gasteiger partial charge in [0.1, 0.15) is 0 Å². The molecule has 2 fully saturated rings. The number of para-hydroxylation sites is 2. The van der Waals surface area contributed by atoms with Crippen LogP contribution in [0.15, 0.2) is 146 Å². The van der Waals surface area contributed by atoms with Crippen LogP contribution in [0.25, 0.3) is 32.3 Å². The highest BCUT2D eigenvalue weighted by atomic mass is 15.1. The quantitative estimate of drug-likeness (QED) is 0.145. The molecular weight excluding hydrogens is 705 g/mol. The Morgan fingerprint density at radius 3 is 1.09 bits per heavy atom. The number of rotatable bonds is 8. The standard InChI is InChI=1S/C54H46N4/c55-35-37-21-25-43(26-22-37)57(41-17-9-3-10-18-41)51-33-49(39-13-5-1-6-14-39)45-29-31-48-52(58(42-19-11-4-12-20-42)44-27-23-38(36-56)24-28-44)34-50(40-15-7-2-8-16-40)46-30-32-47(51)53(45)54(46)48/h3-4,9-12,17-34,39-40H,1-2,5-8,13-16H2. The molecule has 0 N–H and O–H groups in total. The molecule has 2 saturated carbocycles. The Labute approximate surface area is 341 Å². The molecule has 0 unspecified atom stereocenters. The fraction of sp³-hybridized carbons (Fsp3) is 0.222. The predicted octanol–water partition coefficient (Wildman–Crippen LogP) is 15.4. The first-order valence-electron chi connectivity index (χ1n) is 21.2. The summed E-state index contributed by atoms with van der Waals surface area (Å²) in [7, 11) is 0. The molecule has 2 aliphatic carbocycles. The summed E-state index contributed by atoms with van der Waals surface area (Å²) in [6, 6.07) is 56.9. The Bertz CT molecular complexity index is 2600. The molecule has 8 aromatic rings. The number of anilines is 6. The molecule has 8 aromatic carbocycles. The lowest BCUT2D eigenvalue weighted by Gasteiger charge is -2.33. The molecule has 10 rings (SSSR count). The summed E-state index contributed by atoms with van der Waals surface area (Å²) in [6.45, 7) is 0. The first kappa shape index (κ1) is 35.8. The van der Waals surface area contributed by atoms with Gasteiger partial charge >= 0.3 is 0 Å². The lowest BCUT2D eigenvalue weighted by Crippen LogP contribution is -2.14. The van der Waals surface area contributed by atoms with E-state index in [-0.39, 0.29) is 0 Å². The van der Waals surface area contributed by atoms with Gasteiger partial charge in [0, 0.05) is 33.5 Å². The van der Waals surface area contributed by atoms with Gasteiger partial charge in [0.05, 0.1) is 34.6 Å². The van der Waals surface area contributed by atoms with Crippen LogP contribution >= 0.6 is 0 Å². The van der Waals surface area contributed by atoms with E-state index in [0.29, 0.717) is 23.0 Å². The van der Waals surface area contributed by atoms with E-state index in [1.165, 1.54) is 119 Å². The van der Waals surface area contributed by atoms with Crippen LogP contribution < -0.4 is 9.80 Å². The average molecular weight is 751 g/mol. The third-order valence-electron chi connectivity index (χ3n) is 13.0. The summed E-state index contributed by atoms with van der Waals surface area (Å²) >= 11 is 0. The van der Waals surface area contributed by atoms with Crippen LogP contribution in [0.2, 0.25) is 0 Å². The molecule has 0 atom stereocenters. The Morgan fingerprint density at radius 1 is 0.379 bits per heavy atom. The highest BCUT2D eigenvalue weighted by Crippen LogP contribution is 2.53. The molecular formula is C54H46N4. The minimum absolute atomic E-state index is 0.479. The highest BCUT2D eigenvalue weighted by molar-refractivity contribution is 6.29.